The zero-order valence-electron chi connectivity index (χ0n) is 11.9. The van der Waals surface area contributed by atoms with E-state index in [1.54, 1.807) is 24.3 Å². The first kappa shape index (κ1) is 16.3. The lowest BCUT2D eigenvalue weighted by Gasteiger charge is -2.13. The molecule has 0 fully saturated rings. The molecule has 0 bridgehead atoms. The van der Waals surface area contributed by atoms with E-state index in [1.807, 2.05) is 32.2 Å². The fourth-order valence-electron chi connectivity index (χ4n) is 2.06. The van der Waals surface area contributed by atoms with Crippen LogP contribution >= 0.6 is 22.6 Å². The van der Waals surface area contributed by atoms with Gasteiger partial charge in [0.25, 0.3) is 10.0 Å². The van der Waals surface area contributed by atoms with E-state index in [4.69, 9.17) is 0 Å². The van der Waals surface area contributed by atoms with E-state index in [0.717, 1.165) is 14.7 Å². The van der Waals surface area contributed by atoms with Gasteiger partial charge in [-0.25, -0.2) is 8.42 Å². The monoisotopic (exact) mass is 416 g/mol. The first-order valence-corrected chi connectivity index (χ1v) is 9.01. The van der Waals surface area contributed by atoms with Crippen LogP contribution < -0.4 is 10.0 Å². The number of rotatable bonds is 5. The highest BCUT2D eigenvalue weighted by Crippen LogP contribution is 2.22. The molecule has 6 heteroatoms. The molecule has 0 saturated carbocycles. The van der Waals surface area contributed by atoms with E-state index in [0.29, 0.717) is 17.1 Å². The molecule has 2 aromatic rings. The van der Waals surface area contributed by atoms with Gasteiger partial charge in [0.1, 0.15) is 0 Å². The topological polar surface area (TPSA) is 58.2 Å². The Morgan fingerprint density at radius 1 is 1.10 bits per heavy atom. The van der Waals surface area contributed by atoms with E-state index >= 15 is 0 Å². The van der Waals surface area contributed by atoms with Gasteiger partial charge in [-0.15, -0.1) is 0 Å². The molecule has 0 unspecified atom stereocenters. The molecule has 0 aromatic heterocycles. The summed E-state index contributed by atoms with van der Waals surface area (Å²) in [5, 5.41) is 3.04. The van der Waals surface area contributed by atoms with Crippen molar-refractivity contribution in [2.75, 3.05) is 11.8 Å². The molecule has 4 nitrogen and oxygen atoms in total. The number of sulfonamides is 1. The number of nitrogens with one attached hydrogen (secondary N) is 2. The summed E-state index contributed by atoms with van der Waals surface area (Å²) >= 11 is 2.18. The highest BCUT2D eigenvalue weighted by atomic mass is 127. The first-order chi connectivity index (χ1) is 9.94. The van der Waals surface area contributed by atoms with Gasteiger partial charge in [-0.1, -0.05) is 12.1 Å². The van der Waals surface area contributed by atoms with Crippen molar-refractivity contribution in [2.45, 2.75) is 18.4 Å². The fourth-order valence-corrected chi connectivity index (χ4v) is 3.77. The summed E-state index contributed by atoms with van der Waals surface area (Å²) in [5.74, 6) is 0. The highest BCUT2D eigenvalue weighted by Gasteiger charge is 2.18. The Hall–Kier alpha value is -1.12. The quantitative estimate of drug-likeness (QED) is 0.737. The van der Waals surface area contributed by atoms with Crippen molar-refractivity contribution >= 4 is 38.3 Å². The van der Waals surface area contributed by atoms with Gasteiger partial charge in [0, 0.05) is 15.8 Å². The minimum atomic E-state index is -3.58. The third-order valence-electron chi connectivity index (χ3n) is 3.15. The summed E-state index contributed by atoms with van der Waals surface area (Å²) in [6, 6.07) is 12.6. The molecule has 0 spiro atoms. The van der Waals surface area contributed by atoms with Crippen LogP contribution in [0.3, 0.4) is 0 Å². The second-order valence-electron chi connectivity index (χ2n) is 4.68. The van der Waals surface area contributed by atoms with Crippen LogP contribution in [0, 0.1) is 10.5 Å². The molecule has 2 rings (SSSR count). The smallest absolute Gasteiger partial charge is 0.262 e. The molecule has 2 N–H and O–H groups in total. The van der Waals surface area contributed by atoms with E-state index in [1.165, 1.54) is 0 Å². The van der Waals surface area contributed by atoms with Crippen molar-refractivity contribution in [1.29, 1.82) is 0 Å². The van der Waals surface area contributed by atoms with Crippen molar-refractivity contribution in [3.05, 3.63) is 57.2 Å². The van der Waals surface area contributed by atoms with E-state index in [9.17, 15) is 8.42 Å². The maximum Gasteiger partial charge on any atom is 0.262 e. The predicted octanol–water partition coefficient (Wildman–Crippen LogP) is 3.12. The van der Waals surface area contributed by atoms with Gasteiger partial charge >= 0.3 is 0 Å². The van der Waals surface area contributed by atoms with Gasteiger partial charge in [0.2, 0.25) is 0 Å². The third kappa shape index (κ3) is 3.96. The molecule has 0 amide bonds. The van der Waals surface area contributed by atoms with E-state index < -0.39 is 10.0 Å². The second kappa shape index (κ2) is 6.76. The molecule has 0 radical (unpaired) electrons. The van der Waals surface area contributed by atoms with Crippen LogP contribution in [0.25, 0.3) is 0 Å². The molecular weight excluding hydrogens is 399 g/mol. The third-order valence-corrected chi connectivity index (χ3v) is 5.39. The summed E-state index contributed by atoms with van der Waals surface area (Å²) in [4.78, 5) is 0.314. The van der Waals surface area contributed by atoms with Crippen LogP contribution in [-0.4, -0.2) is 15.5 Å². The van der Waals surface area contributed by atoms with E-state index in [2.05, 4.69) is 32.6 Å². The molecule has 0 aliphatic heterocycles. The molecular formula is C15H17IN2O2S. The maximum absolute atomic E-state index is 12.5. The Kier molecular flexibility index (Phi) is 5.23. The minimum Gasteiger partial charge on any atom is -0.316 e. The summed E-state index contributed by atoms with van der Waals surface area (Å²) in [7, 11) is -1.74. The van der Waals surface area contributed by atoms with E-state index in [-0.39, 0.29) is 0 Å². The fraction of sp³-hybridized carbons (Fsp3) is 0.200. The SMILES string of the molecule is CNCc1cccc(S(=O)(=O)Nc2ccc(I)cc2)c1C. The molecule has 0 saturated heterocycles. The Morgan fingerprint density at radius 3 is 2.38 bits per heavy atom. The zero-order valence-corrected chi connectivity index (χ0v) is 14.8. The average Bonchev–Trinajstić information content (AvgIpc) is 2.43. The van der Waals surface area contributed by atoms with Crippen LogP contribution in [0.15, 0.2) is 47.4 Å². The van der Waals surface area contributed by atoms with Crippen molar-refractivity contribution in [1.82, 2.24) is 5.32 Å². The molecule has 0 aliphatic rings. The standard InChI is InChI=1S/C15H17IN2O2S/c1-11-12(10-17-2)4-3-5-15(11)21(19,20)18-14-8-6-13(16)7-9-14/h3-9,17-18H,10H2,1-2H3. The normalized spacial score (nSPS) is 11.4. The van der Waals surface area contributed by atoms with Crippen LogP contribution in [0.1, 0.15) is 11.1 Å². The highest BCUT2D eigenvalue weighted by molar-refractivity contribution is 14.1. The predicted molar refractivity (Wildman–Crippen MR) is 93.9 cm³/mol. The number of hydrogen-bond donors (Lipinski definition) is 2. The number of hydrogen-bond acceptors (Lipinski definition) is 3. The van der Waals surface area contributed by atoms with Gasteiger partial charge in [0.15, 0.2) is 0 Å². The van der Waals surface area contributed by atoms with Gasteiger partial charge in [0.05, 0.1) is 4.90 Å². The Labute approximate surface area is 139 Å². The molecule has 0 aliphatic carbocycles. The first-order valence-electron chi connectivity index (χ1n) is 6.45. The maximum atomic E-state index is 12.5. The number of halogens is 1. The van der Waals surface area contributed by atoms with Gasteiger partial charge in [-0.05, 0) is 78.0 Å². The zero-order chi connectivity index (χ0) is 15.5. The van der Waals surface area contributed by atoms with Gasteiger partial charge in [-0.3, -0.25) is 4.72 Å². The second-order valence-corrected chi connectivity index (χ2v) is 7.58. The van der Waals surface area contributed by atoms with Crippen LogP contribution in [0.4, 0.5) is 5.69 Å². The van der Waals surface area contributed by atoms with Crippen LogP contribution in [0.2, 0.25) is 0 Å². The Balaban J connectivity index is 2.35. The van der Waals surface area contributed by atoms with Crippen LogP contribution in [-0.2, 0) is 16.6 Å². The molecule has 2 aromatic carbocycles. The number of anilines is 1. The van der Waals surface area contributed by atoms with Crippen molar-refractivity contribution < 1.29 is 8.42 Å². The lowest BCUT2D eigenvalue weighted by atomic mass is 10.1. The summed E-state index contributed by atoms with van der Waals surface area (Å²) < 4.78 is 28.7. The molecule has 21 heavy (non-hydrogen) atoms. The molecule has 112 valence electrons. The summed E-state index contributed by atoms with van der Waals surface area (Å²) in [5.41, 5.74) is 2.31. The summed E-state index contributed by atoms with van der Waals surface area (Å²) in [6.45, 7) is 2.47. The number of benzene rings is 2. The van der Waals surface area contributed by atoms with Crippen molar-refractivity contribution in [3.63, 3.8) is 0 Å². The summed E-state index contributed by atoms with van der Waals surface area (Å²) in [6.07, 6.45) is 0. The largest absolute Gasteiger partial charge is 0.316 e. The van der Waals surface area contributed by atoms with Crippen molar-refractivity contribution in [3.8, 4) is 0 Å². The van der Waals surface area contributed by atoms with Crippen LogP contribution in [0.5, 0.6) is 0 Å². The Bertz CT molecular complexity index is 728. The minimum absolute atomic E-state index is 0.314. The molecule has 0 atom stereocenters. The lowest BCUT2D eigenvalue weighted by molar-refractivity contribution is 0.600. The molecule has 0 heterocycles. The average molecular weight is 416 g/mol. The van der Waals surface area contributed by atoms with Gasteiger partial charge < -0.3 is 5.32 Å². The van der Waals surface area contributed by atoms with Gasteiger partial charge in [-0.2, -0.15) is 0 Å². The Morgan fingerprint density at radius 2 is 1.76 bits per heavy atom. The lowest BCUT2D eigenvalue weighted by Crippen LogP contribution is -2.16. The van der Waals surface area contributed by atoms with Crippen molar-refractivity contribution in [2.24, 2.45) is 0 Å².